The van der Waals surface area contributed by atoms with Gasteiger partial charge in [-0.1, -0.05) is 49.6 Å². The van der Waals surface area contributed by atoms with E-state index in [0.29, 0.717) is 12.5 Å². The highest BCUT2D eigenvalue weighted by molar-refractivity contribution is 5.23. The van der Waals surface area contributed by atoms with Crippen molar-refractivity contribution in [1.82, 2.24) is 14.8 Å². The van der Waals surface area contributed by atoms with Crippen LogP contribution in [0.2, 0.25) is 0 Å². The minimum absolute atomic E-state index is 0.294. The zero-order chi connectivity index (χ0) is 13.8. The first-order chi connectivity index (χ1) is 9.79. The van der Waals surface area contributed by atoms with Crippen molar-refractivity contribution in [2.75, 3.05) is 0 Å². The van der Waals surface area contributed by atoms with Crippen molar-refractivity contribution in [3.63, 3.8) is 0 Å². The summed E-state index contributed by atoms with van der Waals surface area (Å²) in [5, 5.41) is 15.6. The highest BCUT2D eigenvalue weighted by Gasteiger charge is 2.39. The average Bonchev–Trinajstić information content (AvgIpc) is 3.02. The maximum Gasteiger partial charge on any atom is 0.137 e. The van der Waals surface area contributed by atoms with Gasteiger partial charge in [0.05, 0.1) is 6.54 Å². The van der Waals surface area contributed by atoms with E-state index in [-0.39, 0.29) is 0 Å². The van der Waals surface area contributed by atoms with Crippen molar-refractivity contribution in [1.29, 1.82) is 0 Å². The van der Waals surface area contributed by atoms with E-state index >= 15 is 0 Å². The van der Waals surface area contributed by atoms with Crippen LogP contribution in [0.15, 0.2) is 43.0 Å². The first kappa shape index (κ1) is 13.3. The summed E-state index contributed by atoms with van der Waals surface area (Å²) in [6, 6.07) is 10.0. The number of benzene rings is 1. The third-order valence-corrected chi connectivity index (χ3v) is 4.42. The zero-order valence-corrected chi connectivity index (χ0v) is 11.7. The summed E-state index contributed by atoms with van der Waals surface area (Å²) < 4.78 is 1.74. The predicted octanol–water partition coefficient (Wildman–Crippen LogP) is 2.75. The third-order valence-electron chi connectivity index (χ3n) is 4.42. The molecular formula is C16H21N3O. The van der Waals surface area contributed by atoms with Crippen LogP contribution in [-0.2, 0) is 12.1 Å². The Bertz CT molecular complexity index is 520. The molecule has 0 saturated heterocycles. The van der Waals surface area contributed by atoms with E-state index < -0.39 is 5.60 Å². The van der Waals surface area contributed by atoms with Crippen molar-refractivity contribution < 1.29 is 5.11 Å². The summed E-state index contributed by atoms with van der Waals surface area (Å²) in [4.78, 5) is 3.99. The minimum Gasteiger partial charge on any atom is -0.383 e. The molecule has 106 valence electrons. The summed E-state index contributed by atoms with van der Waals surface area (Å²) in [6.07, 6.45) is 9.06. The molecule has 4 heteroatoms. The van der Waals surface area contributed by atoms with Gasteiger partial charge in [-0.25, -0.2) is 9.67 Å². The molecule has 2 aromatic rings. The van der Waals surface area contributed by atoms with Crippen LogP contribution in [-0.4, -0.2) is 19.9 Å². The molecule has 1 fully saturated rings. The van der Waals surface area contributed by atoms with Crippen LogP contribution in [0.3, 0.4) is 0 Å². The number of hydrogen-bond donors (Lipinski definition) is 1. The van der Waals surface area contributed by atoms with Crippen molar-refractivity contribution in [2.45, 2.75) is 44.2 Å². The number of hydrogen-bond acceptors (Lipinski definition) is 3. The van der Waals surface area contributed by atoms with Gasteiger partial charge in [0.1, 0.15) is 18.3 Å². The fraction of sp³-hybridized carbons (Fsp3) is 0.500. The molecule has 1 atom stereocenters. The second-order valence-corrected chi connectivity index (χ2v) is 5.72. The fourth-order valence-corrected chi connectivity index (χ4v) is 3.32. The Kier molecular flexibility index (Phi) is 3.83. The van der Waals surface area contributed by atoms with Crippen LogP contribution in [0.1, 0.15) is 37.7 Å². The van der Waals surface area contributed by atoms with Gasteiger partial charge in [0.15, 0.2) is 0 Å². The van der Waals surface area contributed by atoms with Gasteiger partial charge in [0.25, 0.3) is 0 Å². The molecule has 3 rings (SSSR count). The Hall–Kier alpha value is -1.68. The first-order valence-corrected chi connectivity index (χ1v) is 7.39. The second-order valence-electron chi connectivity index (χ2n) is 5.72. The summed E-state index contributed by atoms with van der Waals surface area (Å²) in [5.41, 5.74) is 0.137. The lowest BCUT2D eigenvalue weighted by molar-refractivity contribution is -0.0557. The molecule has 1 N–H and O–H groups in total. The smallest absolute Gasteiger partial charge is 0.137 e. The largest absolute Gasteiger partial charge is 0.383 e. The second kappa shape index (κ2) is 5.75. The molecule has 1 aliphatic rings. The van der Waals surface area contributed by atoms with E-state index in [1.54, 1.807) is 11.0 Å². The molecule has 1 unspecified atom stereocenters. The monoisotopic (exact) mass is 271 g/mol. The Labute approximate surface area is 119 Å². The van der Waals surface area contributed by atoms with Gasteiger partial charge in [-0.2, -0.15) is 5.10 Å². The predicted molar refractivity (Wildman–Crippen MR) is 76.9 cm³/mol. The molecule has 1 saturated carbocycles. The van der Waals surface area contributed by atoms with E-state index in [0.717, 1.165) is 18.4 Å². The summed E-state index contributed by atoms with van der Waals surface area (Å²) >= 11 is 0. The van der Waals surface area contributed by atoms with Gasteiger partial charge in [-0.15, -0.1) is 0 Å². The lowest BCUT2D eigenvalue weighted by Crippen LogP contribution is -2.40. The van der Waals surface area contributed by atoms with Crippen LogP contribution < -0.4 is 0 Å². The lowest BCUT2D eigenvalue weighted by Gasteiger charge is -2.38. The topological polar surface area (TPSA) is 50.9 Å². The summed E-state index contributed by atoms with van der Waals surface area (Å²) in [6.45, 7) is 0.474. The SMILES string of the molecule is OC(Cn1cncn1)(c1ccccc1)C1CCCCC1. The molecule has 20 heavy (non-hydrogen) atoms. The van der Waals surface area contributed by atoms with Gasteiger partial charge in [-0.05, 0) is 24.3 Å². The normalized spacial score (nSPS) is 19.6. The van der Waals surface area contributed by atoms with Crippen LogP contribution in [0, 0.1) is 5.92 Å². The molecule has 1 heterocycles. The highest BCUT2D eigenvalue weighted by atomic mass is 16.3. The van der Waals surface area contributed by atoms with E-state index in [1.165, 1.54) is 25.6 Å². The van der Waals surface area contributed by atoms with E-state index in [4.69, 9.17) is 0 Å². The van der Waals surface area contributed by atoms with E-state index in [1.807, 2.05) is 30.3 Å². The van der Waals surface area contributed by atoms with Crippen molar-refractivity contribution in [2.24, 2.45) is 5.92 Å². The van der Waals surface area contributed by atoms with Crippen molar-refractivity contribution >= 4 is 0 Å². The molecule has 1 aromatic heterocycles. The lowest BCUT2D eigenvalue weighted by atomic mass is 9.73. The summed E-state index contributed by atoms with van der Waals surface area (Å²) in [5.74, 6) is 0.294. The molecule has 0 bridgehead atoms. The average molecular weight is 271 g/mol. The Morgan fingerprint density at radius 2 is 1.90 bits per heavy atom. The minimum atomic E-state index is -0.852. The number of rotatable bonds is 4. The molecule has 4 nitrogen and oxygen atoms in total. The van der Waals surface area contributed by atoms with Gasteiger partial charge in [-0.3, -0.25) is 0 Å². The van der Waals surface area contributed by atoms with Crippen LogP contribution in [0.25, 0.3) is 0 Å². The Morgan fingerprint density at radius 1 is 1.15 bits per heavy atom. The van der Waals surface area contributed by atoms with E-state index in [2.05, 4.69) is 10.1 Å². The maximum absolute atomic E-state index is 11.4. The standard InChI is InChI=1S/C16H21N3O/c20-16(11-19-13-17-12-18-19,14-7-3-1-4-8-14)15-9-5-2-6-10-15/h1,3-4,7-8,12-13,15,20H,2,5-6,9-11H2. The quantitative estimate of drug-likeness (QED) is 0.930. The third kappa shape index (κ3) is 2.61. The number of nitrogens with zero attached hydrogens (tertiary/aromatic N) is 3. The highest BCUT2D eigenvalue weighted by Crippen LogP contribution is 2.40. The molecule has 0 spiro atoms. The molecule has 1 aromatic carbocycles. The maximum atomic E-state index is 11.4. The van der Waals surface area contributed by atoms with Gasteiger partial charge < -0.3 is 5.11 Å². The molecule has 0 amide bonds. The Morgan fingerprint density at radius 3 is 2.55 bits per heavy atom. The number of aromatic nitrogens is 3. The van der Waals surface area contributed by atoms with Gasteiger partial charge in [0.2, 0.25) is 0 Å². The molecule has 0 radical (unpaired) electrons. The van der Waals surface area contributed by atoms with Gasteiger partial charge in [0, 0.05) is 0 Å². The van der Waals surface area contributed by atoms with Crippen molar-refractivity contribution in [3.05, 3.63) is 48.5 Å². The molecule has 0 aliphatic heterocycles. The first-order valence-electron chi connectivity index (χ1n) is 7.39. The van der Waals surface area contributed by atoms with Crippen molar-refractivity contribution in [3.8, 4) is 0 Å². The van der Waals surface area contributed by atoms with Crippen LogP contribution >= 0.6 is 0 Å². The number of aliphatic hydroxyl groups is 1. The molecule has 1 aliphatic carbocycles. The fourth-order valence-electron chi connectivity index (χ4n) is 3.32. The summed E-state index contributed by atoms with van der Waals surface area (Å²) in [7, 11) is 0. The van der Waals surface area contributed by atoms with Crippen LogP contribution in [0.5, 0.6) is 0 Å². The van der Waals surface area contributed by atoms with Crippen LogP contribution in [0.4, 0.5) is 0 Å². The Balaban J connectivity index is 1.93. The van der Waals surface area contributed by atoms with Gasteiger partial charge >= 0.3 is 0 Å². The zero-order valence-electron chi connectivity index (χ0n) is 11.7. The van der Waals surface area contributed by atoms with E-state index in [9.17, 15) is 5.11 Å². The molecular weight excluding hydrogens is 250 g/mol.